The highest BCUT2D eigenvalue weighted by Gasteiger charge is 2.37. The van der Waals surface area contributed by atoms with Crippen LogP contribution in [0.25, 0.3) is 0 Å². The zero-order chi connectivity index (χ0) is 17.0. The van der Waals surface area contributed by atoms with Gasteiger partial charge in [-0.15, -0.1) is 11.3 Å². The number of rotatable bonds is 5. The van der Waals surface area contributed by atoms with Crippen molar-refractivity contribution < 1.29 is 9.90 Å². The van der Waals surface area contributed by atoms with Gasteiger partial charge in [0.25, 0.3) is 0 Å². The summed E-state index contributed by atoms with van der Waals surface area (Å²) >= 11 is 1.67. The van der Waals surface area contributed by atoms with Crippen molar-refractivity contribution in [3.8, 4) is 0 Å². The summed E-state index contributed by atoms with van der Waals surface area (Å²) in [4.78, 5) is 14.5. The van der Waals surface area contributed by atoms with Crippen molar-refractivity contribution in [2.24, 2.45) is 0 Å². The second-order valence-electron chi connectivity index (χ2n) is 6.54. The fourth-order valence-electron chi connectivity index (χ4n) is 3.37. The van der Waals surface area contributed by atoms with Gasteiger partial charge in [0.05, 0.1) is 6.10 Å². The van der Waals surface area contributed by atoms with Gasteiger partial charge < -0.3 is 15.7 Å². The van der Waals surface area contributed by atoms with Gasteiger partial charge in [0.2, 0.25) is 0 Å². The predicted octanol–water partition coefficient (Wildman–Crippen LogP) is 4.43. The van der Waals surface area contributed by atoms with Crippen LogP contribution in [0.1, 0.15) is 48.5 Å². The van der Waals surface area contributed by atoms with Gasteiger partial charge >= 0.3 is 6.03 Å². The van der Waals surface area contributed by atoms with E-state index in [0.717, 1.165) is 23.4 Å². The van der Waals surface area contributed by atoms with Gasteiger partial charge in [-0.3, -0.25) is 0 Å². The first kappa shape index (κ1) is 17.0. The van der Waals surface area contributed by atoms with E-state index in [-0.39, 0.29) is 11.4 Å². The third kappa shape index (κ3) is 3.79. The van der Waals surface area contributed by atoms with E-state index < -0.39 is 6.10 Å². The van der Waals surface area contributed by atoms with Gasteiger partial charge in [-0.2, -0.15) is 0 Å². The molecule has 2 amide bonds. The number of carbonyl (C=O) groups is 1. The maximum Gasteiger partial charge on any atom is 0.319 e. The molecule has 1 aliphatic carbocycles. The number of anilines is 1. The number of aliphatic hydroxyl groups is 1. The highest BCUT2D eigenvalue weighted by Crippen LogP contribution is 2.44. The molecule has 1 unspecified atom stereocenters. The first-order chi connectivity index (χ1) is 11.6. The standard InChI is InChI=1S/C19H24N2O2S/c1-14(22)16-9-10-17(24-16)19(11-5-6-12-19)13-20-18(23)21-15-7-3-2-4-8-15/h2-4,7-10,14,22H,5-6,11-13H2,1H3,(H2,20,21,23). The Morgan fingerprint density at radius 2 is 1.92 bits per heavy atom. The quantitative estimate of drug-likeness (QED) is 0.751. The Bertz CT molecular complexity index is 676. The summed E-state index contributed by atoms with van der Waals surface area (Å²) in [5.41, 5.74) is 0.800. The van der Waals surface area contributed by atoms with Crippen LogP contribution in [0.15, 0.2) is 42.5 Å². The lowest BCUT2D eigenvalue weighted by Crippen LogP contribution is -2.40. The van der Waals surface area contributed by atoms with E-state index in [2.05, 4.69) is 16.7 Å². The predicted molar refractivity (Wildman–Crippen MR) is 98.6 cm³/mol. The van der Waals surface area contributed by atoms with E-state index in [1.54, 1.807) is 18.3 Å². The molecule has 1 atom stereocenters. The van der Waals surface area contributed by atoms with E-state index in [1.807, 2.05) is 36.4 Å². The Hall–Kier alpha value is -1.85. The molecular formula is C19H24N2O2S. The summed E-state index contributed by atoms with van der Waals surface area (Å²) in [6.45, 7) is 2.42. The average molecular weight is 344 g/mol. The number of thiophene rings is 1. The molecule has 3 rings (SSSR count). The fraction of sp³-hybridized carbons (Fsp3) is 0.421. The van der Waals surface area contributed by atoms with Crippen LogP contribution >= 0.6 is 11.3 Å². The summed E-state index contributed by atoms with van der Waals surface area (Å²) in [5, 5.41) is 15.7. The molecule has 1 heterocycles. The van der Waals surface area contributed by atoms with E-state index in [4.69, 9.17) is 0 Å². The normalized spacial score (nSPS) is 17.4. The molecule has 0 bridgehead atoms. The summed E-state index contributed by atoms with van der Waals surface area (Å²) in [5.74, 6) is 0. The topological polar surface area (TPSA) is 61.4 Å². The Labute approximate surface area is 146 Å². The molecule has 1 aliphatic rings. The van der Waals surface area contributed by atoms with Crippen molar-refractivity contribution in [1.29, 1.82) is 0 Å². The number of benzene rings is 1. The molecule has 128 valence electrons. The number of hydrogen-bond acceptors (Lipinski definition) is 3. The zero-order valence-electron chi connectivity index (χ0n) is 13.9. The van der Waals surface area contributed by atoms with E-state index in [0.29, 0.717) is 6.54 Å². The Morgan fingerprint density at radius 1 is 1.21 bits per heavy atom. The lowest BCUT2D eigenvalue weighted by molar-refractivity contribution is 0.203. The lowest BCUT2D eigenvalue weighted by atomic mass is 9.84. The number of carbonyl (C=O) groups excluding carboxylic acids is 1. The van der Waals surface area contributed by atoms with Crippen molar-refractivity contribution >= 4 is 23.1 Å². The second kappa shape index (κ2) is 7.36. The number of amides is 2. The second-order valence-corrected chi connectivity index (χ2v) is 7.65. The first-order valence-corrected chi connectivity index (χ1v) is 9.29. The molecule has 4 nitrogen and oxygen atoms in total. The number of para-hydroxylation sites is 1. The molecule has 2 aromatic rings. The van der Waals surface area contributed by atoms with Crippen molar-refractivity contribution in [3.05, 3.63) is 52.2 Å². The van der Waals surface area contributed by atoms with E-state index in [1.165, 1.54) is 17.7 Å². The molecule has 0 saturated heterocycles. The molecule has 1 fully saturated rings. The van der Waals surface area contributed by atoms with Crippen molar-refractivity contribution in [3.63, 3.8) is 0 Å². The molecule has 5 heteroatoms. The maximum atomic E-state index is 12.2. The molecule has 1 aromatic heterocycles. The number of nitrogens with one attached hydrogen (secondary N) is 2. The van der Waals surface area contributed by atoms with Gasteiger partial charge in [0.1, 0.15) is 0 Å². The Balaban J connectivity index is 1.66. The Morgan fingerprint density at radius 3 is 2.54 bits per heavy atom. The third-order valence-electron chi connectivity index (χ3n) is 4.74. The molecule has 1 saturated carbocycles. The molecule has 1 aromatic carbocycles. The fourth-order valence-corrected chi connectivity index (χ4v) is 4.56. The minimum atomic E-state index is -0.434. The maximum absolute atomic E-state index is 12.2. The van der Waals surface area contributed by atoms with Crippen LogP contribution in [0, 0.1) is 0 Å². The highest BCUT2D eigenvalue weighted by atomic mass is 32.1. The van der Waals surface area contributed by atoms with E-state index >= 15 is 0 Å². The van der Waals surface area contributed by atoms with Gasteiger partial charge in [-0.25, -0.2) is 4.79 Å². The molecule has 0 radical (unpaired) electrons. The summed E-state index contributed by atoms with van der Waals surface area (Å²) in [6, 6.07) is 13.4. The smallest absolute Gasteiger partial charge is 0.319 e. The zero-order valence-corrected chi connectivity index (χ0v) is 14.7. The molecular weight excluding hydrogens is 320 g/mol. The summed E-state index contributed by atoms with van der Waals surface area (Å²) < 4.78 is 0. The van der Waals surface area contributed by atoms with Crippen molar-refractivity contribution in [2.45, 2.75) is 44.1 Å². The highest BCUT2D eigenvalue weighted by molar-refractivity contribution is 7.12. The number of hydrogen-bond donors (Lipinski definition) is 3. The SMILES string of the molecule is CC(O)c1ccc(C2(CNC(=O)Nc3ccccc3)CCCC2)s1. The molecule has 0 aliphatic heterocycles. The van der Waals surface area contributed by atoms with Gasteiger partial charge in [-0.1, -0.05) is 31.0 Å². The minimum Gasteiger partial charge on any atom is -0.388 e. The van der Waals surface area contributed by atoms with Crippen LogP contribution in [0.5, 0.6) is 0 Å². The monoisotopic (exact) mass is 344 g/mol. The molecule has 24 heavy (non-hydrogen) atoms. The van der Waals surface area contributed by atoms with Crippen LogP contribution in [-0.4, -0.2) is 17.7 Å². The Kier molecular flexibility index (Phi) is 5.21. The first-order valence-electron chi connectivity index (χ1n) is 8.47. The summed E-state index contributed by atoms with van der Waals surface area (Å²) in [7, 11) is 0. The van der Waals surface area contributed by atoms with Crippen LogP contribution in [0.3, 0.4) is 0 Å². The summed E-state index contributed by atoms with van der Waals surface area (Å²) in [6.07, 6.45) is 4.10. The van der Waals surface area contributed by atoms with Crippen LogP contribution in [0.2, 0.25) is 0 Å². The van der Waals surface area contributed by atoms with Gasteiger partial charge in [0.15, 0.2) is 0 Å². The number of aliphatic hydroxyl groups excluding tert-OH is 1. The van der Waals surface area contributed by atoms with Crippen LogP contribution in [-0.2, 0) is 5.41 Å². The average Bonchev–Trinajstić information content (AvgIpc) is 3.24. The third-order valence-corrected chi connectivity index (χ3v) is 6.24. The van der Waals surface area contributed by atoms with Gasteiger partial charge in [0, 0.05) is 27.4 Å². The minimum absolute atomic E-state index is 0.00579. The van der Waals surface area contributed by atoms with E-state index in [9.17, 15) is 9.90 Å². The van der Waals surface area contributed by atoms with Gasteiger partial charge in [-0.05, 0) is 44.0 Å². The largest absolute Gasteiger partial charge is 0.388 e. The van der Waals surface area contributed by atoms with Crippen molar-refractivity contribution in [1.82, 2.24) is 5.32 Å². The molecule has 0 spiro atoms. The lowest BCUT2D eigenvalue weighted by Gasteiger charge is -2.28. The van der Waals surface area contributed by atoms with Crippen molar-refractivity contribution in [2.75, 3.05) is 11.9 Å². The number of urea groups is 1. The molecule has 3 N–H and O–H groups in total. The van der Waals surface area contributed by atoms with Crippen LogP contribution < -0.4 is 10.6 Å². The van der Waals surface area contributed by atoms with Crippen LogP contribution in [0.4, 0.5) is 10.5 Å².